The lowest BCUT2D eigenvalue weighted by atomic mass is 9.95. The second-order valence-corrected chi connectivity index (χ2v) is 5.23. The van der Waals surface area contributed by atoms with Crippen molar-refractivity contribution in [2.24, 2.45) is 10.4 Å². The Kier molecular flexibility index (Phi) is 1.99. The standard InChI is InChI=1S/C7H12N2O2S/c1-7(2,3)6-8-4-5-12(10,11)9-6/h4-5H,1-3H3,(H,8,9). The molecule has 0 radical (unpaired) electrons. The van der Waals surface area contributed by atoms with Gasteiger partial charge in [-0.15, -0.1) is 0 Å². The minimum Gasteiger partial charge on any atom is -0.267 e. The molecule has 0 atom stereocenters. The number of nitrogens with one attached hydrogen (secondary N) is 1. The molecular weight excluding hydrogens is 176 g/mol. The van der Waals surface area contributed by atoms with Gasteiger partial charge in [0, 0.05) is 11.6 Å². The first kappa shape index (κ1) is 9.25. The lowest BCUT2D eigenvalue weighted by molar-refractivity contribution is 0.565. The second-order valence-electron chi connectivity index (χ2n) is 3.66. The zero-order valence-corrected chi connectivity index (χ0v) is 8.14. The highest BCUT2D eigenvalue weighted by Gasteiger charge is 2.24. The summed E-state index contributed by atoms with van der Waals surface area (Å²) in [6.45, 7) is 5.69. The first-order valence-electron chi connectivity index (χ1n) is 3.59. The van der Waals surface area contributed by atoms with E-state index in [1.807, 2.05) is 20.8 Å². The summed E-state index contributed by atoms with van der Waals surface area (Å²) in [5.41, 5.74) is -0.266. The molecule has 0 amide bonds. The molecule has 1 rings (SSSR count). The van der Waals surface area contributed by atoms with Crippen LogP contribution in [0.1, 0.15) is 20.8 Å². The van der Waals surface area contributed by atoms with Crippen LogP contribution in [0.25, 0.3) is 0 Å². The number of sulfonamides is 1. The summed E-state index contributed by atoms with van der Waals surface area (Å²) in [5.74, 6) is 0.477. The van der Waals surface area contributed by atoms with Gasteiger partial charge in [-0.05, 0) is 0 Å². The van der Waals surface area contributed by atoms with Crippen LogP contribution >= 0.6 is 0 Å². The summed E-state index contributed by atoms with van der Waals surface area (Å²) in [7, 11) is -3.28. The van der Waals surface area contributed by atoms with Crippen molar-refractivity contribution in [2.45, 2.75) is 20.8 Å². The van der Waals surface area contributed by atoms with Crippen LogP contribution in [0.3, 0.4) is 0 Å². The molecule has 1 heterocycles. The number of hydrogen-bond acceptors (Lipinski definition) is 3. The van der Waals surface area contributed by atoms with Gasteiger partial charge in [0.25, 0.3) is 10.0 Å². The maximum absolute atomic E-state index is 11.0. The Morgan fingerprint density at radius 3 is 2.33 bits per heavy atom. The van der Waals surface area contributed by atoms with E-state index in [9.17, 15) is 8.42 Å². The van der Waals surface area contributed by atoms with Crippen molar-refractivity contribution in [3.8, 4) is 0 Å². The minimum atomic E-state index is -3.28. The number of rotatable bonds is 0. The molecule has 68 valence electrons. The lowest BCUT2D eigenvalue weighted by Gasteiger charge is -2.22. The van der Waals surface area contributed by atoms with Gasteiger partial charge >= 0.3 is 0 Å². The van der Waals surface area contributed by atoms with Gasteiger partial charge in [0.2, 0.25) is 0 Å². The molecule has 0 aromatic heterocycles. The van der Waals surface area contributed by atoms with Crippen LogP contribution in [0, 0.1) is 5.41 Å². The van der Waals surface area contributed by atoms with Crippen molar-refractivity contribution in [1.82, 2.24) is 4.72 Å². The minimum absolute atomic E-state index is 0.266. The molecule has 0 aromatic rings. The summed E-state index contributed by atoms with van der Waals surface area (Å²) in [4.78, 5) is 3.94. The van der Waals surface area contributed by atoms with Crippen LogP contribution in [0.5, 0.6) is 0 Å². The second kappa shape index (κ2) is 2.58. The number of amidine groups is 1. The molecule has 0 spiro atoms. The highest BCUT2D eigenvalue weighted by molar-refractivity contribution is 7.93. The van der Waals surface area contributed by atoms with Crippen molar-refractivity contribution in [3.63, 3.8) is 0 Å². The number of aliphatic imine (C=N–C) groups is 1. The Balaban J connectivity index is 2.99. The molecule has 1 N–H and O–H groups in total. The molecule has 0 saturated carbocycles. The molecule has 0 saturated heterocycles. The summed E-state index contributed by atoms with van der Waals surface area (Å²) >= 11 is 0. The van der Waals surface area contributed by atoms with Crippen LogP contribution in [-0.2, 0) is 10.0 Å². The zero-order chi connectivity index (χ0) is 9.41. The van der Waals surface area contributed by atoms with Gasteiger partial charge in [-0.1, -0.05) is 20.8 Å². The largest absolute Gasteiger partial charge is 0.267 e. The van der Waals surface area contributed by atoms with Gasteiger partial charge in [-0.25, -0.2) is 13.4 Å². The van der Waals surface area contributed by atoms with Crippen molar-refractivity contribution in [2.75, 3.05) is 0 Å². The molecule has 0 aromatic carbocycles. The first-order valence-corrected chi connectivity index (χ1v) is 5.13. The molecule has 0 fully saturated rings. The fourth-order valence-electron chi connectivity index (χ4n) is 0.727. The topological polar surface area (TPSA) is 58.5 Å². The summed E-state index contributed by atoms with van der Waals surface area (Å²) in [5, 5.41) is 1.04. The van der Waals surface area contributed by atoms with E-state index < -0.39 is 10.0 Å². The van der Waals surface area contributed by atoms with Gasteiger partial charge < -0.3 is 0 Å². The molecule has 1 aliphatic rings. The smallest absolute Gasteiger partial charge is 0.257 e. The van der Waals surface area contributed by atoms with Crippen LogP contribution in [0.4, 0.5) is 0 Å². The lowest BCUT2D eigenvalue weighted by Crippen LogP contribution is -2.39. The van der Waals surface area contributed by atoms with Crippen LogP contribution in [0.15, 0.2) is 16.6 Å². The van der Waals surface area contributed by atoms with Crippen molar-refractivity contribution in [1.29, 1.82) is 0 Å². The van der Waals surface area contributed by atoms with E-state index in [1.54, 1.807) is 0 Å². The third kappa shape index (κ3) is 2.07. The van der Waals surface area contributed by atoms with E-state index >= 15 is 0 Å². The number of hydrogen-bond donors (Lipinski definition) is 1. The van der Waals surface area contributed by atoms with Crippen molar-refractivity contribution >= 4 is 15.9 Å². The Hall–Kier alpha value is -0.840. The Labute approximate surface area is 72.4 Å². The van der Waals surface area contributed by atoms with Crippen LogP contribution in [-0.4, -0.2) is 14.3 Å². The third-order valence-corrected chi connectivity index (χ3v) is 2.35. The summed E-state index contributed by atoms with van der Waals surface area (Å²) < 4.78 is 24.4. The average Bonchev–Trinajstić information content (AvgIpc) is 1.83. The Morgan fingerprint density at radius 2 is 2.00 bits per heavy atom. The Morgan fingerprint density at radius 1 is 1.42 bits per heavy atom. The van der Waals surface area contributed by atoms with Crippen LogP contribution in [0.2, 0.25) is 0 Å². The van der Waals surface area contributed by atoms with Gasteiger partial charge in [0.05, 0.1) is 5.41 Å². The maximum atomic E-state index is 11.0. The fraction of sp³-hybridized carbons (Fsp3) is 0.571. The van der Waals surface area contributed by atoms with E-state index in [4.69, 9.17) is 0 Å². The van der Waals surface area contributed by atoms with E-state index in [0.29, 0.717) is 5.84 Å². The fourth-order valence-corrected chi connectivity index (χ4v) is 1.64. The van der Waals surface area contributed by atoms with Crippen LogP contribution < -0.4 is 4.72 Å². The molecule has 4 nitrogen and oxygen atoms in total. The van der Waals surface area contributed by atoms with E-state index in [1.165, 1.54) is 6.20 Å². The predicted molar refractivity (Wildman–Crippen MR) is 48.1 cm³/mol. The molecular formula is C7H12N2O2S. The van der Waals surface area contributed by atoms with Gasteiger partial charge in [0.1, 0.15) is 5.84 Å². The monoisotopic (exact) mass is 188 g/mol. The average molecular weight is 188 g/mol. The highest BCUT2D eigenvalue weighted by Crippen LogP contribution is 2.17. The zero-order valence-electron chi connectivity index (χ0n) is 7.33. The molecule has 5 heteroatoms. The first-order chi connectivity index (χ1) is 5.31. The maximum Gasteiger partial charge on any atom is 0.257 e. The molecule has 0 bridgehead atoms. The normalized spacial score (nSPS) is 21.4. The SMILES string of the molecule is CC(C)(C)C1=NC=CS(=O)(=O)N1. The molecule has 0 unspecified atom stereocenters. The number of nitrogens with zero attached hydrogens (tertiary/aromatic N) is 1. The summed E-state index contributed by atoms with van der Waals surface area (Å²) in [6.07, 6.45) is 1.30. The molecule has 12 heavy (non-hydrogen) atoms. The third-order valence-electron chi connectivity index (χ3n) is 1.39. The van der Waals surface area contributed by atoms with Crippen molar-refractivity contribution < 1.29 is 8.42 Å². The quantitative estimate of drug-likeness (QED) is 0.612. The predicted octanol–water partition coefficient (Wildman–Crippen LogP) is 0.835. The summed E-state index contributed by atoms with van der Waals surface area (Å²) in [6, 6.07) is 0. The van der Waals surface area contributed by atoms with Gasteiger partial charge in [0.15, 0.2) is 0 Å². The molecule has 1 aliphatic heterocycles. The van der Waals surface area contributed by atoms with E-state index in [0.717, 1.165) is 5.41 Å². The molecule has 0 aliphatic carbocycles. The van der Waals surface area contributed by atoms with Gasteiger partial charge in [-0.2, -0.15) is 0 Å². The van der Waals surface area contributed by atoms with E-state index in [-0.39, 0.29) is 5.41 Å². The Bertz CT molecular complexity index is 333. The van der Waals surface area contributed by atoms with Gasteiger partial charge in [-0.3, -0.25) is 4.72 Å². The van der Waals surface area contributed by atoms with E-state index in [2.05, 4.69) is 9.71 Å². The van der Waals surface area contributed by atoms with Crippen molar-refractivity contribution in [3.05, 3.63) is 11.6 Å². The highest BCUT2D eigenvalue weighted by atomic mass is 32.2.